The summed E-state index contributed by atoms with van der Waals surface area (Å²) in [6.45, 7) is 0. The third-order valence-corrected chi connectivity index (χ3v) is 2.52. The number of rotatable bonds is 1. The van der Waals surface area contributed by atoms with Crippen molar-refractivity contribution in [2.45, 2.75) is 0 Å². The number of aryl methyl sites for hydroxylation is 1. The largest absolute Gasteiger partial charge is 0.274 e. The molecule has 0 fully saturated rings. The molecule has 2 aromatic heterocycles. The third-order valence-electron chi connectivity index (χ3n) is 1.94. The van der Waals surface area contributed by atoms with E-state index in [-0.39, 0.29) is 0 Å². The summed E-state index contributed by atoms with van der Waals surface area (Å²) in [5.41, 5.74) is 2.13. The molecular formula is C10H7BrN4. The smallest absolute Gasteiger partial charge is 0.140 e. The van der Waals surface area contributed by atoms with Crippen LogP contribution in [0, 0.1) is 11.3 Å². The molecule has 0 aliphatic carbocycles. The van der Waals surface area contributed by atoms with Gasteiger partial charge in [0.1, 0.15) is 17.5 Å². The molecule has 0 radical (unpaired) electrons. The van der Waals surface area contributed by atoms with Crippen molar-refractivity contribution >= 4 is 15.9 Å². The Morgan fingerprint density at radius 1 is 1.47 bits per heavy atom. The minimum absolute atomic E-state index is 0.408. The van der Waals surface area contributed by atoms with E-state index in [2.05, 4.69) is 26.0 Å². The third kappa shape index (κ3) is 1.90. The van der Waals surface area contributed by atoms with Gasteiger partial charge in [0.2, 0.25) is 0 Å². The zero-order chi connectivity index (χ0) is 10.8. The number of pyridine rings is 1. The van der Waals surface area contributed by atoms with E-state index < -0.39 is 0 Å². The van der Waals surface area contributed by atoms with Crippen molar-refractivity contribution in [2.75, 3.05) is 0 Å². The van der Waals surface area contributed by atoms with Crippen molar-refractivity contribution < 1.29 is 0 Å². The molecule has 2 rings (SSSR count). The maximum absolute atomic E-state index is 8.62. The summed E-state index contributed by atoms with van der Waals surface area (Å²) in [5.74, 6) is 0. The predicted molar refractivity (Wildman–Crippen MR) is 58.9 cm³/mol. The van der Waals surface area contributed by atoms with Gasteiger partial charge in [0, 0.05) is 25.0 Å². The van der Waals surface area contributed by atoms with E-state index in [0.717, 1.165) is 15.7 Å². The van der Waals surface area contributed by atoms with Crippen molar-refractivity contribution in [3.63, 3.8) is 0 Å². The summed E-state index contributed by atoms with van der Waals surface area (Å²) in [7, 11) is 1.85. The number of nitriles is 1. The fourth-order valence-corrected chi connectivity index (χ4v) is 1.86. The molecule has 0 atom stereocenters. The van der Waals surface area contributed by atoms with E-state index in [1.165, 1.54) is 0 Å². The lowest BCUT2D eigenvalue weighted by molar-refractivity contribution is 0.770. The molecule has 0 spiro atoms. The Morgan fingerprint density at radius 2 is 2.27 bits per heavy atom. The molecule has 0 saturated carbocycles. The predicted octanol–water partition coefficient (Wildman–Crippen LogP) is 2.12. The Labute approximate surface area is 95.3 Å². The maximum Gasteiger partial charge on any atom is 0.140 e. The minimum Gasteiger partial charge on any atom is -0.274 e. The number of nitrogens with zero attached hydrogens (tertiary/aromatic N) is 4. The van der Waals surface area contributed by atoms with Gasteiger partial charge in [-0.1, -0.05) is 0 Å². The topological polar surface area (TPSA) is 54.5 Å². The quantitative estimate of drug-likeness (QED) is 0.791. The fraction of sp³-hybridized carbons (Fsp3) is 0.100. The molecule has 74 valence electrons. The van der Waals surface area contributed by atoms with Crippen LogP contribution in [0.4, 0.5) is 0 Å². The number of aromatic nitrogens is 3. The first kappa shape index (κ1) is 9.87. The molecule has 0 aliphatic heterocycles. The van der Waals surface area contributed by atoms with Crippen molar-refractivity contribution in [2.24, 2.45) is 7.05 Å². The average molecular weight is 263 g/mol. The zero-order valence-corrected chi connectivity index (χ0v) is 9.56. The summed E-state index contributed by atoms with van der Waals surface area (Å²) in [4.78, 5) is 3.99. The molecule has 0 bridgehead atoms. The molecule has 0 amide bonds. The van der Waals surface area contributed by atoms with Gasteiger partial charge in [0.25, 0.3) is 0 Å². The van der Waals surface area contributed by atoms with Crippen molar-refractivity contribution in [3.05, 3.63) is 34.7 Å². The van der Waals surface area contributed by atoms with Gasteiger partial charge in [0.05, 0.1) is 4.47 Å². The highest BCUT2D eigenvalue weighted by molar-refractivity contribution is 9.10. The number of halogens is 1. The van der Waals surface area contributed by atoms with Gasteiger partial charge >= 0.3 is 0 Å². The Morgan fingerprint density at radius 3 is 2.73 bits per heavy atom. The highest BCUT2D eigenvalue weighted by atomic mass is 79.9. The maximum atomic E-state index is 8.62. The summed E-state index contributed by atoms with van der Waals surface area (Å²) in [6, 6.07) is 5.49. The van der Waals surface area contributed by atoms with E-state index in [0.29, 0.717) is 5.69 Å². The Bertz CT molecular complexity index is 521. The molecule has 15 heavy (non-hydrogen) atoms. The summed E-state index contributed by atoms with van der Waals surface area (Å²) >= 11 is 3.41. The SMILES string of the molecule is Cn1cc(Br)c(-c2ccc(C#N)nc2)n1. The highest BCUT2D eigenvalue weighted by Gasteiger charge is 2.07. The Kier molecular flexibility index (Phi) is 2.52. The van der Waals surface area contributed by atoms with E-state index in [9.17, 15) is 0 Å². The number of hydrogen-bond acceptors (Lipinski definition) is 3. The molecular weight excluding hydrogens is 256 g/mol. The lowest BCUT2D eigenvalue weighted by atomic mass is 10.2. The van der Waals surface area contributed by atoms with Crippen LogP contribution in [0.25, 0.3) is 11.3 Å². The summed E-state index contributed by atoms with van der Waals surface area (Å²) < 4.78 is 2.63. The standard InChI is InChI=1S/C10H7BrN4/c1-15-6-9(11)10(14-15)7-2-3-8(4-12)13-5-7/h2-3,5-6H,1H3. The summed E-state index contributed by atoms with van der Waals surface area (Å²) in [5, 5.41) is 12.9. The molecule has 5 heteroatoms. The van der Waals surface area contributed by atoms with Gasteiger partial charge in [-0.2, -0.15) is 10.4 Å². The second-order valence-electron chi connectivity index (χ2n) is 3.04. The van der Waals surface area contributed by atoms with E-state index in [4.69, 9.17) is 5.26 Å². The highest BCUT2D eigenvalue weighted by Crippen LogP contribution is 2.25. The molecule has 0 saturated heterocycles. The molecule has 2 aromatic rings. The second kappa shape index (κ2) is 3.83. The van der Waals surface area contributed by atoms with E-state index in [1.54, 1.807) is 16.9 Å². The van der Waals surface area contributed by atoms with Crippen LogP contribution >= 0.6 is 15.9 Å². The van der Waals surface area contributed by atoms with Gasteiger partial charge in [-0.05, 0) is 28.1 Å². The van der Waals surface area contributed by atoms with Crippen molar-refractivity contribution in [1.29, 1.82) is 5.26 Å². The van der Waals surface area contributed by atoms with Crippen LogP contribution in [0.2, 0.25) is 0 Å². The van der Waals surface area contributed by atoms with Crippen LogP contribution in [0.1, 0.15) is 5.69 Å². The van der Waals surface area contributed by atoms with Crippen LogP contribution < -0.4 is 0 Å². The molecule has 0 aromatic carbocycles. The fourth-order valence-electron chi connectivity index (χ4n) is 1.26. The minimum atomic E-state index is 0.408. The number of hydrogen-bond donors (Lipinski definition) is 0. The van der Waals surface area contributed by atoms with Crippen molar-refractivity contribution in [3.8, 4) is 17.3 Å². The lowest BCUT2D eigenvalue weighted by Gasteiger charge is -1.96. The Hall–Kier alpha value is -1.67. The first-order valence-electron chi connectivity index (χ1n) is 4.26. The van der Waals surface area contributed by atoms with Crippen molar-refractivity contribution in [1.82, 2.24) is 14.8 Å². The molecule has 0 aliphatic rings. The van der Waals surface area contributed by atoms with Crippen LogP contribution in [0.15, 0.2) is 29.0 Å². The molecule has 0 unspecified atom stereocenters. The Balaban J connectivity index is 2.46. The monoisotopic (exact) mass is 262 g/mol. The molecule has 4 nitrogen and oxygen atoms in total. The lowest BCUT2D eigenvalue weighted by Crippen LogP contribution is -1.89. The average Bonchev–Trinajstić information content (AvgIpc) is 2.58. The van der Waals surface area contributed by atoms with E-state index in [1.807, 2.05) is 25.4 Å². The van der Waals surface area contributed by atoms with Gasteiger partial charge in [0.15, 0.2) is 0 Å². The summed E-state index contributed by atoms with van der Waals surface area (Å²) in [6.07, 6.45) is 3.51. The molecule has 2 heterocycles. The molecule has 0 N–H and O–H groups in total. The van der Waals surface area contributed by atoms with Gasteiger partial charge < -0.3 is 0 Å². The van der Waals surface area contributed by atoms with E-state index >= 15 is 0 Å². The van der Waals surface area contributed by atoms with Gasteiger partial charge in [-0.15, -0.1) is 0 Å². The normalized spacial score (nSPS) is 9.93. The van der Waals surface area contributed by atoms with Crippen LogP contribution in [0.3, 0.4) is 0 Å². The first-order chi connectivity index (χ1) is 7.20. The van der Waals surface area contributed by atoms with Crippen LogP contribution in [-0.4, -0.2) is 14.8 Å². The zero-order valence-electron chi connectivity index (χ0n) is 7.98. The van der Waals surface area contributed by atoms with Crippen LogP contribution in [0.5, 0.6) is 0 Å². The van der Waals surface area contributed by atoms with Gasteiger partial charge in [-0.3, -0.25) is 4.68 Å². The second-order valence-corrected chi connectivity index (χ2v) is 3.90. The first-order valence-corrected chi connectivity index (χ1v) is 5.05. The van der Waals surface area contributed by atoms with Crippen LogP contribution in [-0.2, 0) is 7.05 Å². The van der Waals surface area contributed by atoms with Gasteiger partial charge in [-0.25, -0.2) is 4.98 Å².